The van der Waals surface area contributed by atoms with Crippen LogP contribution in [-0.2, 0) is 14.6 Å². The van der Waals surface area contributed by atoms with Gasteiger partial charge in [0.05, 0.1) is 16.3 Å². The lowest BCUT2D eigenvalue weighted by molar-refractivity contribution is -0.122. The van der Waals surface area contributed by atoms with E-state index in [0.717, 1.165) is 38.0 Å². The summed E-state index contributed by atoms with van der Waals surface area (Å²) in [7, 11) is -3.94. The largest absolute Gasteiger partial charge is 0.397 e. The Hall–Kier alpha value is -1.80. The molecule has 30 heavy (non-hydrogen) atoms. The predicted molar refractivity (Wildman–Crippen MR) is 125 cm³/mol. The van der Waals surface area contributed by atoms with E-state index in [1.807, 2.05) is 0 Å². The third-order valence-corrected chi connectivity index (χ3v) is 7.62. The van der Waals surface area contributed by atoms with Crippen LogP contribution in [-0.4, -0.2) is 45.3 Å². The highest BCUT2D eigenvalue weighted by atomic mass is 32.2. The molecule has 0 saturated heterocycles. The number of hydrogen-bond acceptors (Lipinski definition) is 6. The van der Waals surface area contributed by atoms with Crippen LogP contribution in [0.3, 0.4) is 0 Å². The van der Waals surface area contributed by atoms with Gasteiger partial charge in [0.2, 0.25) is 5.91 Å². The van der Waals surface area contributed by atoms with Crippen LogP contribution in [0.1, 0.15) is 60.8 Å². The predicted octanol–water partition coefficient (Wildman–Crippen LogP) is 2.94. The molecule has 0 radical (unpaired) electrons. The summed E-state index contributed by atoms with van der Waals surface area (Å²) >= 11 is 0. The van der Waals surface area contributed by atoms with E-state index < -0.39 is 20.5 Å². The highest BCUT2D eigenvalue weighted by molar-refractivity contribution is 7.93. The SMILES string of the molecule is CCCCN(CCC(C)(C)C)c1ccc(S(=O)(=O)C(C)(C)C(=O)NCCN)cc1N. The van der Waals surface area contributed by atoms with Crippen LogP contribution in [0.2, 0.25) is 0 Å². The molecule has 5 N–H and O–H groups in total. The molecule has 0 aliphatic heterocycles. The van der Waals surface area contributed by atoms with Gasteiger partial charge in [-0.25, -0.2) is 8.42 Å². The number of benzene rings is 1. The molecule has 0 unspecified atom stereocenters. The van der Waals surface area contributed by atoms with E-state index >= 15 is 0 Å². The number of nitrogens with two attached hydrogens (primary N) is 2. The van der Waals surface area contributed by atoms with Crippen LogP contribution >= 0.6 is 0 Å². The summed E-state index contributed by atoms with van der Waals surface area (Å²) in [5, 5.41) is 2.56. The molecule has 0 atom stereocenters. The van der Waals surface area contributed by atoms with E-state index in [1.165, 1.54) is 19.9 Å². The zero-order chi connectivity index (χ0) is 23.2. The van der Waals surface area contributed by atoms with Crippen molar-refractivity contribution in [3.8, 4) is 0 Å². The zero-order valence-corrected chi connectivity index (χ0v) is 20.2. The number of carbonyl (C=O) groups excluding carboxylic acids is 1. The summed E-state index contributed by atoms with van der Waals surface area (Å²) in [6.07, 6.45) is 3.08. The molecule has 1 rings (SSSR count). The highest BCUT2D eigenvalue weighted by Gasteiger charge is 2.42. The van der Waals surface area contributed by atoms with Gasteiger partial charge in [0.1, 0.15) is 4.75 Å². The number of nitrogens with zero attached hydrogens (tertiary/aromatic N) is 1. The fourth-order valence-electron chi connectivity index (χ4n) is 2.98. The summed E-state index contributed by atoms with van der Waals surface area (Å²) in [4.78, 5) is 14.7. The molecular weight excluding hydrogens is 400 g/mol. The number of sulfone groups is 1. The summed E-state index contributed by atoms with van der Waals surface area (Å²) in [6, 6.07) is 4.78. The van der Waals surface area contributed by atoms with E-state index in [2.05, 4.69) is 37.9 Å². The van der Waals surface area contributed by atoms with Crippen molar-refractivity contribution in [1.82, 2.24) is 5.32 Å². The standard InChI is InChI=1S/C22H40N4O3S/c1-7-8-14-26(15-11-21(2,3)4)19-10-9-17(16-18(19)24)30(28,29)22(5,6)20(27)25-13-12-23/h9-10,16H,7-8,11-15,23-24H2,1-6H3,(H,25,27). The van der Waals surface area contributed by atoms with Gasteiger partial charge in [-0.05, 0) is 50.3 Å². The molecular formula is C22H40N4O3S. The first kappa shape index (κ1) is 26.2. The molecule has 8 heteroatoms. The second-order valence-corrected chi connectivity index (χ2v) is 11.9. The number of nitrogen functional groups attached to an aromatic ring is 1. The zero-order valence-electron chi connectivity index (χ0n) is 19.4. The fraction of sp³-hybridized carbons (Fsp3) is 0.682. The van der Waals surface area contributed by atoms with Gasteiger partial charge in [0.15, 0.2) is 9.84 Å². The van der Waals surface area contributed by atoms with E-state index in [4.69, 9.17) is 11.5 Å². The second kappa shape index (κ2) is 10.5. The maximum absolute atomic E-state index is 13.2. The Morgan fingerprint density at radius 3 is 2.27 bits per heavy atom. The van der Waals surface area contributed by atoms with Gasteiger partial charge >= 0.3 is 0 Å². The van der Waals surface area contributed by atoms with E-state index in [0.29, 0.717) is 5.69 Å². The molecule has 0 aliphatic carbocycles. The van der Waals surface area contributed by atoms with Crippen LogP contribution in [0.25, 0.3) is 0 Å². The molecule has 1 amide bonds. The molecule has 0 heterocycles. The van der Waals surface area contributed by atoms with Crippen molar-refractivity contribution in [3.05, 3.63) is 18.2 Å². The minimum Gasteiger partial charge on any atom is -0.397 e. The van der Waals surface area contributed by atoms with Crippen LogP contribution in [0.5, 0.6) is 0 Å². The Morgan fingerprint density at radius 2 is 1.77 bits per heavy atom. The van der Waals surface area contributed by atoms with Gasteiger partial charge in [-0.15, -0.1) is 0 Å². The van der Waals surface area contributed by atoms with Crippen molar-refractivity contribution in [3.63, 3.8) is 0 Å². The first-order valence-electron chi connectivity index (χ1n) is 10.7. The van der Waals surface area contributed by atoms with Crippen LogP contribution in [0.15, 0.2) is 23.1 Å². The molecule has 7 nitrogen and oxygen atoms in total. The number of amides is 1. The van der Waals surface area contributed by atoms with Gasteiger partial charge in [-0.3, -0.25) is 4.79 Å². The minimum atomic E-state index is -3.94. The lowest BCUT2D eigenvalue weighted by Crippen LogP contribution is -2.49. The Morgan fingerprint density at radius 1 is 1.13 bits per heavy atom. The Bertz CT molecular complexity index is 814. The monoisotopic (exact) mass is 440 g/mol. The first-order valence-corrected chi connectivity index (χ1v) is 12.1. The van der Waals surface area contributed by atoms with Gasteiger partial charge in [0.25, 0.3) is 0 Å². The minimum absolute atomic E-state index is 0.0444. The Labute approximate surface area is 182 Å². The number of anilines is 2. The Kier molecular flexibility index (Phi) is 9.17. The van der Waals surface area contributed by atoms with Crippen LogP contribution in [0.4, 0.5) is 11.4 Å². The quantitative estimate of drug-likeness (QED) is 0.455. The molecule has 0 saturated carbocycles. The topological polar surface area (TPSA) is 119 Å². The van der Waals surface area contributed by atoms with Crippen molar-refractivity contribution < 1.29 is 13.2 Å². The fourth-order valence-corrected chi connectivity index (χ4v) is 4.41. The highest BCUT2D eigenvalue weighted by Crippen LogP contribution is 2.32. The van der Waals surface area contributed by atoms with Crippen LogP contribution in [0, 0.1) is 5.41 Å². The van der Waals surface area contributed by atoms with E-state index in [-0.39, 0.29) is 23.4 Å². The summed E-state index contributed by atoms with van der Waals surface area (Å²) < 4.78 is 24.7. The summed E-state index contributed by atoms with van der Waals surface area (Å²) in [5.41, 5.74) is 13.1. The van der Waals surface area contributed by atoms with E-state index in [9.17, 15) is 13.2 Å². The maximum Gasteiger partial charge on any atom is 0.241 e. The Balaban J connectivity index is 3.22. The summed E-state index contributed by atoms with van der Waals surface area (Å²) in [5.74, 6) is -0.578. The molecule has 1 aromatic carbocycles. The average Bonchev–Trinajstić information content (AvgIpc) is 2.65. The summed E-state index contributed by atoms with van der Waals surface area (Å²) in [6.45, 7) is 13.7. The lowest BCUT2D eigenvalue weighted by Gasteiger charge is -2.30. The van der Waals surface area contributed by atoms with Crippen LogP contribution < -0.4 is 21.7 Å². The van der Waals surface area contributed by atoms with Gasteiger partial charge in [-0.1, -0.05) is 34.1 Å². The smallest absolute Gasteiger partial charge is 0.241 e. The molecule has 0 bridgehead atoms. The number of hydrogen-bond donors (Lipinski definition) is 3. The van der Waals surface area contributed by atoms with Crippen molar-refractivity contribution in [2.24, 2.45) is 11.1 Å². The van der Waals surface area contributed by atoms with Crippen molar-refractivity contribution in [2.45, 2.75) is 70.4 Å². The maximum atomic E-state index is 13.2. The number of carbonyl (C=O) groups is 1. The van der Waals surface area contributed by atoms with Crippen molar-refractivity contribution in [1.29, 1.82) is 0 Å². The van der Waals surface area contributed by atoms with Gasteiger partial charge in [-0.2, -0.15) is 0 Å². The van der Waals surface area contributed by atoms with Gasteiger partial charge in [0, 0.05) is 26.2 Å². The van der Waals surface area contributed by atoms with Crippen molar-refractivity contribution >= 4 is 27.1 Å². The second-order valence-electron chi connectivity index (χ2n) is 9.43. The van der Waals surface area contributed by atoms with Gasteiger partial charge < -0.3 is 21.7 Å². The normalized spacial score (nSPS) is 12.6. The number of nitrogens with one attached hydrogen (secondary N) is 1. The molecule has 0 aromatic heterocycles. The molecule has 0 fully saturated rings. The number of unbranched alkanes of at least 4 members (excludes halogenated alkanes) is 1. The third-order valence-electron chi connectivity index (χ3n) is 5.21. The molecule has 1 aromatic rings. The number of rotatable bonds is 11. The van der Waals surface area contributed by atoms with E-state index in [1.54, 1.807) is 12.1 Å². The average molecular weight is 441 g/mol. The molecule has 172 valence electrons. The molecule has 0 spiro atoms. The molecule has 0 aliphatic rings. The first-order chi connectivity index (χ1) is 13.8. The third kappa shape index (κ3) is 6.60. The lowest BCUT2D eigenvalue weighted by atomic mass is 9.92. The van der Waals surface area contributed by atoms with Crippen molar-refractivity contribution in [2.75, 3.05) is 36.8 Å².